The zero-order valence-corrected chi connectivity index (χ0v) is 9.90. The second kappa shape index (κ2) is 5.76. The van der Waals surface area contributed by atoms with Crippen LogP contribution >= 0.6 is 0 Å². The first kappa shape index (κ1) is 12.1. The lowest BCUT2D eigenvalue weighted by molar-refractivity contribution is 0.199. The number of nitrogens with zero attached hydrogens (tertiary/aromatic N) is 1. The molecule has 84 valence electrons. The van der Waals surface area contributed by atoms with Crippen LogP contribution < -0.4 is 4.90 Å². The van der Waals surface area contributed by atoms with E-state index in [9.17, 15) is 5.11 Å². The quantitative estimate of drug-likeness (QED) is 0.802. The topological polar surface area (TPSA) is 23.5 Å². The van der Waals surface area contributed by atoms with Crippen LogP contribution in [0.1, 0.15) is 38.4 Å². The Morgan fingerprint density at radius 1 is 1.33 bits per heavy atom. The van der Waals surface area contributed by atoms with Gasteiger partial charge < -0.3 is 10.0 Å². The molecule has 0 aliphatic heterocycles. The molecule has 0 fully saturated rings. The van der Waals surface area contributed by atoms with Gasteiger partial charge in [-0.1, -0.05) is 31.5 Å². The van der Waals surface area contributed by atoms with Gasteiger partial charge in [0.25, 0.3) is 0 Å². The number of hydrogen-bond donors (Lipinski definition) is 1. The van der Waals surface area contributed by atoms with E-state index in [-0.39, 0.29) is 0 Å². The molecule has 0 saturated carbocycles. The Balaban J connectivity index is 2.82. The maximum absolute atomic E-state index is 9.65. The summed E-state index contributed by atoms with van der Waals surface area (Å²) in [7, 11) is 2.08. The number of aliphatic hydroxyl groups is 1. The van der Waals surface area contributed by atoms with Crippen molar-refractivity contribution >= 4 is 5.69 Å². The van der Waals surface area contributed by atoms with Gasteiger partial charge in [-0.2, -0.15) is 0 Å². The number of anilines is 1. The van der Waals surface area contributed by atoms with Gasteiger partial charge >= 0.3 is 0 Å². The molecule has 0 heterocycles. The van der Waals surface area contributed by atoms with Crippen molar-refractivity contribution in [1.82, 2.24) is 0 Å². The highest BCUT2D eigenvalue weighted by Crippen LogP contribution is 2.25. The zero-order chi connectivity index (χ0) is 11.3. The molecular weight excluding hydrogens is 186 g/mol. The van der Waals surface area contributed by atoms with Crippen molar-refractivity contribution in [1.29, 1.82) is 0 Å². The highest BCUT2D eigenvalue weighted by molar-refractivity contribution is 5.53. The van der Waals surface area contributed by atoms with Gasteiger partial charge in [0, 0.05) is 24.8 Å². The summed E-state index contributed by atoms with van der Waals surface area (Å²) in [6.45, 7) is 5.04. The molecule has 1 rings (SSSR count). The number of rotatable bonds is 5. The maximum atomic E-state index is 9.65. The van der Waals surface area contributed by atoms with Gasteiger partial charge in [0.1, 0.15) is 0 Å². The van der Waals surface area contributed by atoms with Gasteiger partial charge in [-0.15, -0.1) is 0 Å². The van der Waals surface area contributed by atoms with Crippen LogP contribution in [0.4, 0.5) is 5.69 Å². The van der Waals surface area contributed by atoms with Crippen LogP contribution in [0.3, 0.4) is 0 Å². The first-order valence-electron chi connectivity index (χ1n) is 5.65. The van der Waals surface area contributed by atoms with Gasteiger partial charge in [0.05, 0.1) is 6.10 Å². The summed E-state index contributed by atoms with van der Waals surface area (Å²) in [5, 5.41) is 9.65. The van der Waals surface area contributed by atoms with Gasteiger partial charge in [-0.05, 0) is 19.4 Å². The fraction of sp³-hybridized carbons (Fsp3) is 0.538. The van der Waals surface area contributed by atoms with Crippen molar-refractivity contribution in [2.75, 3.05) is 18.5 Å². The van der Waals surface area contributed by atoms with Crippen LogP contribution in [-0.2, 0) is 0 Å². The first-order chi connectivity index (χ1) is 7.16. The van der Waals surface area contributed by atoms with Gasteiger partial charge in [0.2, 0.25) is 0 Å². The van der Waals surface area contributed by atoms with Gasteiger partial charge in [0.15, 0.2) is 0 Å². The maximum Gasteiger partial charge on any atom is 0.0781 e. The summed E-state index contributed by atoms with van der Waals surface area (Å²) in [5.41, 5.74) is 2.15. The first-order valence-corrected chi connectivity index (χ1v) is 5.65. The Labute approximate surface area is 92.5 Å². The van der Waals surface area contributed by atoms with E-state index >= 15 is 0 Å². The van der Waals surface area contributed by atoms with E-state index in [1.165, 1.54) is 12.8 Å². The number of unbranched alkanes of at least 4 members (excludes halogenated alkanes) is 1. The van der Waals surface area contributed by atoms with Gasteiger partial charge in [-0.3, -0.25) is 0 Å². The fourth-order valence-electron chi connectivity index (χ4n) is 1.70. The van der Waals surface area contributed by atoms with E-state index < -0.39 is 6.10 Å². The summed E-state index contributed by atoms with van der Waals surface area (Å²) in [6, 6.07) is 8.04. The van der Waals surface area contributed by atoms with Crippen LogP contribution in [0, 0.1) is 0 Å². The van der Waals surface area contributed by atoms with Crippen molar-refractivity contribution in [2.24, 2.45) is 0 Å². The highest BCUT2D eigenvalue weighted by atomic mass is 16.3. The fourth-order valence-corrected chi connectivity index (χ4v) is 1.70. The van der Waals surface area contributed by atoms with Crippen LogP contribution in [0.5, 0.6) is 0 Å². The molecule has 0 bridgehead atoms. The van der Waals surface area contributed by atoms with Crippen molar-refractivity contribution < 1.29 is 5.11 Å². The average Bonchev–Trinajstić information content (AvgIpc) is 2.25. The Morgan fingerprint density at radius 2 is 2.00 bits per heavy atom. The lowest BCUT2D eigenvalue weighted by Gasteiger charge is -2.23. The Hall–Kier alpha value is -1.02. The minimum absolute atomic E-state index is 0.398. The second-order valence-corrected chi connectivity index (χ2v) is 4.01. The molecule has 1 aromatic rings. The Bertz CT molecular complexity index is 296. The van der Waals surface area contributed by atoms with E-state index in [0.29, 0.717) is 0 Å². The van der Waals surface area contributed by atoms with E-state index in [0.717, 1.165) is 17.8 Å². The van der Waals surface area contributed by atoms with E-state index in [2.05, 4.69) is 24.9 Å². The number of aliphatic hydroxyl groups excluding tert-OH is 1. The minimum Gasteiger partial charge on any atom is -0.389 e. The smallest absolute Gasteiger partial charge is 0.0781 e. The largest absolute Gasteiger partial charge is 0.389 e. The SMILES string of the molecule is CCCCN(C)c1ccccc1C(C)O. The van der Waals surface area contributed by atoms with Crippen LogP contribution in [0.2, 0.25) is 0 Å². The van der Waals surface area contributed by atoms with Crippen LogP contribution in [0.25, 0.3) is 0 Å². The van der Waals surface area contributed by atoms with Crippen molar-refractivity contribution in [3.63, 3.8) is 0 Å². The predicted octanol–water partition coefficient (Wildman–Crippen LogP) is 2.98. The van der Waals surface area contributed by atoms with Crippen molar-refractivity contribution in [3.05, 3.63) is 29.8 Å². The third kappa shape index (κ3) is 3.24. The third-order valence-electron chi connectivity index (χ3n) is 2.65. The van der Waals surface area contributed by atoms with E-state index in [4.69, 9.17) is 0 Å². The van der Waals surface area contributed by atoms with E-state index in [1.54, 1.807) is 0 Å². The molecule has 2 heteroatoms. The molecule has 0 spiro atoms. The molecule has 0 aliphatic carbocycles. The van der Waals surface area contributed by atoms with Crippen molar-refractivity contribution in [2.45, 2.75) is 32.8 Å². The van der Waals surface area contributed by atoms with Crippen LogP contribution in [0.15, 0.2) is 24.3 Å². The summed E-state index contributed by atoms with van der Waals surface area (Å²) in [5.74, 6) is 0. The lowest BCUT2D eigenvalue weighted by Crippen LogP contribution is -2.20. The molecular formula is C13H21NO. The van der Waals surface area contributed by atoms with Gasteiger partial charge in [-0.25, -0.2) is 0 Å². The number of hydrogen-bond acceptors (Lipinski definition) is 2. The monoisotopic (exact) mass is 207 g/mol. The number of benzene rings is 1. The summed E-state index contributed by atoms with van der Waals surface area (Å²) in [4.78, 5) is 2.21. The Kier molecular flexibility index (Phi) is 4.63. The average molecular weight is 207 g/mol. The van der Waals surface area contributed by atoms with Crippen molar-refractivity contribution in [3.8, 4) is 0 Å². The normalized spacial score (nSPS) is 12.5. The molecule has 0 amide bonds. The molecule has 1 N–H and O–H groups in total. The molecule has 0 saturated heterocycles. The second-order valence-electron chi connectivity index (χ2n) is 4.01. The third-order valence-corrected chi connectivity index (χ3v) is 2.65. The molecule has 0 aromatic heterocycles. The molecule has 0 aliphatic rings. The summed E-state index contributed by atoms with van der Waals surface area (Å²) < 4.78 is 0. The molecule has 1 unspecified atom stereocenters. The standard InChI is InChI=1S/C13H21NO/c1-4-5-10-14(3)13-9-7-6-8-12(13)11(2)15/h6-9,11,15H,4-5,10H2,1-3H3. The predicted molar refractivity (Wildman–Crippen MR) is 65.3 cm³/mol. The summed E-state index contributed by atoms with van der Waals surface area (Å²) >= 11 is 0. The minimum atomic E-state index is -0.398. The van der Waals surface area contributed by atoms with Crippen LogP contribution in [-0.4, -0.2) is 18.7 Å². The lowest BCUT2D eigenvalue weighted by atomic mass is 10.1. The highest BCUT2D eigenvalue weighted by Gasteiger charge is 2.09. The summed E-state index contributed by atoms with van der Waals surface area (Å²) in [6.07, 6.45) is 1.98. The molecule has 2 nitrogen and oxygen atoms in total. The van der Waals surface area contributed by atoms with E-state index in [1.807, 2.05) is 25.1 Å². The Morgan fingerprint density at radius 3 is 2.60 bits per heavy atom. The molecule has 0 radical (unpaired) electrons. The zero-order valence-electron chi connectivity index (χ0n) is 9.90. The molecule has 15 heavy (non-hydrogen) atoms. The molecule has 1 aromatic carbocycles. The number of para-hydroxylation sites is 1. The molecule has 1 atom stereocenters.